The van der Waals surface area contributed by atoms with Crippen molar-refractivity contribution in [3.05, 3.63) is 0 Å². The first kappa shape index (κ1) is 17.5. The Bertz CT molecular complexity index is 376. The maximum Gasteiger partial charge on any atom is 0.149 e. The molecular formula is C22H40B2. The van der Waals surface area contributed by atoms with E-state index in [0.29, 0.717) is 0 Å². The molecule has 4 heterocycles. The fourth-order valence-electron chi connectivity index (χ4n) is 8.60. The minimum Gasteiger partial charge on any atom is -0.0694 e. The Morgan fingerprint density at radius 3 is 1.21 bits per heavy atom. The summed E-state index contributed by atoms with van der Waals surface area (Å²) >= 11 is 0. The molecule has 0 amide bonds. The summed E-state index contributed by atoms with van der Waals surface area (Å²) in [6.45, 7) is 10.0. The van der Waals surface area contributed by atoms with Crippen LogP contribution < -0.4 is 0 Å². The number of fused-ring (bicyclic) bond motifs is 4. The maximum absolute atomic E-state index is 2.72. The lowest BCUT2D eigenvalue weighted by molar-refractivity contribution is 0.401. The van der Waals surface area contributed by atoms with Gasteiger partial charge in [0.25, 0.3) is 0 Å². The molecule has 0 aromatic rings. The minimum absolute atomic E-state index is 0.897. The Balaban J connectivity index is 1.58. The Kier molecular flexibility index (Phi) is 5.41. The van der Waals surface area contributed by atoms with Gasteiger partial charge in [0.1, 0.15) is 13.4 Å². The van der Waals surface area contributed by atoms with Crippen LogP contribution in [0.2, 0.25) is 34.9 Å². The summed E-state index contributed by atoms with van der Waals surface area (Å²) in [4.78, 5) is 0. The number of rotatable bonds is 4. The van der Waals surface area contributed by atoms with E-state index in [2.05, 4.69) is 20.8 Å². The van der Waals surface area contributed by atoms with Gasteiger partial charge in [0, 0.05) is 0 Å². The van der Waals surface area contributed by atoms with Crippen LogP contribution in [0.3, 0.4) is 0 Å². The summed E-state index contributed by atoms with van der Waals surface area (Å²) in [5, 5.41) is 0. The molecule has 0 aromatic heterocycles. The molecule has 2 atom stereocenters. The van der Waals surface area contributed by atoms with Gasteiger partial charge in [-0.15, -0.1) is 0 Å². The van der Waals surface area contributed by atoms with Crippen molar-refractivity contribution in [1.82, 2.24) is 0 Å². The van der Waals surface area contributed by atoms with Crippen molar-refractivity contribution >= 4 is 13.4 Å². The smallest absolute Gasteiger partial charge is 0.0694 e. The average molecular weight is 326 g/mol. The monoisotopic (exact) mass is 326 g/mol. The third-order valence-electron chi connectivity index (χ3n) is 9.21. The normalized spacial score (nSPS) is 39.0. The first-order chi connectivity index (χ1) is 11.7. The largest absolute Gasteiger partial charge is 0.149 e. The molecule has 24 heavy (non-hydrogen) atoms. The molecule has 0 spiro atoms. The maximum atomic E-state index is 2.72. The summed E-state index contributed by atoms with van der Waals surface area (Å²) in [7, 11) is 0. The van der Waals surface area contributed by atoms with Crippen LogP contribution in [0.1, 0.15) is 97.8 Å². The van der Waals surface area contributed by atoms with Gasteiger partial charge >= 0.3 is 0 Å². The molecule has 4 bridgehead atoms. The lowest BCUT2D eigenvalue weighted by Crippen LogP contribution is -2.47. The van der Waals surface area contributed by atoms with E-state index in [1.807, 2.05) is 0 Å². The second kappa shape index (κ2) is 7.40. The van der Waals surface area contributed by atoms with Crippen LogP contribution in [0.15, 0.2) is 0 Å². The lowest BCUT2D eigenvalue weighted by atomic mass is 9.13. The molecule has 2 unspecified atom stereocenters. The summed E-state index contributed by atoms with van der Waals surface area (Å²) in [5.74, 6) is 7.29. The van der Waals surface area contributed by atoms with Gasteiger partial charge in [-0.05, 0) is 0 Å². The second-order valence-corrected chi connectivity index (χ2v) is 10.6. The van der Waals surface area contributed by atoms with E-state index < -0.39 is 0 Å². The Morgan fingerprint density at radius 1 is 0.542 bits per heavy atom. The summed E-state index contributed by atoms with van der Waals surface area (Å²) in [6, 6.07) is 0. The van der Waals surface area contributed by atoms with Crippen LogP contribution in [0.25, 0.3) is 0 Å². The van der Waals surface area contributed by atoms with Gasteiger partial charge in [0.05, 0.1) is 0 Å². The van der Waals surface area contributed by atoms with E-state index in [1.54, 1.807) is 77.0 Å². The van der Waals surface area contributed by atoms with Crippen LogP contribution in [-0.2, 0) is 0 Å². The standard InChI is InChI=1S/C22H40B2/c1-16(2)22(24-20-12-6-13-21(24)15-7-14-20)17(3)23-18-8-4-9-19(23)11-5-10-18/h16-22H,4-15H2,1-3H3. The Hall–Kier alpha value is 0.130. The van der Waals surface area contributed by atoms with Crippen molar-refractivity contribution in [3.8, 4) is 0 Å². The third kappa shape index (κ3) is 3.14. The molecule has 134 valence electrons. The van der Waals surface area contributed by atoms with Crippen molar-refractivity contribution in [1.29, 1.82) is 0 Å². The van der Waals surface area contributed by atoms with Gasteiger partial charge in [0.15, 0.2) is 0 Å². The lowest BCUT2D eigenvalue weighted by Gasteiger charge is -2.52. The molecular weight excluding hydrogens is 286 g/mol. The van der Waals surface area contributed by atoms with Crippen molar-refractivity contribution in [2.45, 2.75) is 133 Å². The molecule has 4 aliphatic heterocycles. The van der Waals surface area contributed by atoms with Crippen molar-refractivity contribution in [2.75, 3.05) is 0 Å². The van der Waals surface area contributed by atoms with Crippen molar-refractivity contribution in [3.63, 3.8) is 0 Å². The van der Waals surface area contributed by atoms with Gasteiger partial charge in [0.2, 0.25) is 0 Å². The van der Waals surface area contributed by atoms with Gasteiger partial charge < -0.3 is 0 Å². The fraction of sp³-hybridized carbons (Fsp3) is 1.00. The van der Waals surface area contributed by atoms with Crippen LogP contribution in [0.5, 0.6) is 0 Å². The number of hydrogen-bond acceptors (Lipinski definition) is 0. The minimum atomic E-state index is 0.897. The fourth-order valence-corrected chi connectivity index (χ4v) is 8.60. The zero-order valence-electron chi connectivity index (χ0n) is 16.7. The van der Waals surface area contributed by atoms with E-state index in [-0.39, 0.29) is 0 Å². The predicted molar refractivity (Wildman–Crippen MR) is 110 cm³/mol. The van der Waals surface area contributed by atoms with E-state index >= 15 is 0 Å². The predicted octanol–water partition coefficient (Wildman–Crippen LogP) is 7.61. The molecule has 2 heteroatoms. The molecule has 0 radical (unpaired) electrons. The first-order valence-corrected chi connectivity index (χ1v) is 11.7. The molecule has 0 nitrogen and oxygen atoms in total. The quantitative estimate of drug-likeness (QED) is 0.466. The van der Waals surface area contributed by atoms with Crippen LogP contribution in [0.4, 0.5) is 0 Å². The SMILES string of the molecule is CC(C)C(B1C2CCCC1CCC2)C(C)B1C2CCCC1CCC2. The molecule has 4 rings (SSSR count). The molecule has 4 saturated heterocycles. The first-order valence-electron chi connectivity index (χ1n) is 11.7. The van der Waals surface area contributed by atoms with Gasteiger partial charge in [-0.3, -0.25) is 0 Å². The highest BCUT2D eigenvalue weighted by Gasteiger charge is 2.51. The summed E-state index contributed by atoms with van der Waals surface area (Å²) in [5.41, 5.74) is 0. The topological polar surface area (TPSA) is 0 Å². The molecule has 0 saturated carbocycles. The summed E-state index contributed by atoms with van der Waals surface area (Å²) < 4.78 is 0. The van der Waals surface area contributed by atoms with Crippen molar-refractivity contribution in [2.24, 2.45) is 5.92 Å². The highest BCUT2D eigenvalue weighted by molar-refractivity contribution is 6.70. The van der Waals surface area contributed by atoms with E-state index in [9.17, 15) is 0 Å². The zero-order chi connectivity index (χ0) is 16.7. The highest BCUT2D eigenvalue weighted by atomic mass is 14.3. The van der Waals surface area contributed by atoms with Crippen LogP contribution >= 0.6 is 0 Å². The second-order valence-electron chi connectivity index (χ2n) is 10.6. The van der Waals surface area contributed by atoms with E-state index in [4.69, 9.17) is 0 Å². The Morgan fingerprint density at radius 2 is 0.875 bits per heavy atom. The third-order valence-corrected chi connectivity index (χ3v) is 9.21. The molecule has 0 aromatic carbocycles. The average Bonchev–Trinajstić information content (AvgIpc) is 2.53. The van der Waals surface area contributed by atoms with Gasteiger partial charge in [-0.1, -0.05) is 139 Å². The number of hydrogen-bond donors (Lipinski definition) is 0. The molecule has 0 N–H and O–H groups in total. The van der Waals surface area contributed by atoms with Crippen molar-refractivity contribution < 1.29 is 0 Å². The van der Waals surface area contributed by atoms with E-state index in [1.165, 1.54) is 0 Å². The summed E-state index contributed by atoms with van der Waals surface area (Å²) in [6.07, 6.45) is 18.7. The van der Waals surface area contributed by atoms with Gasteiger partial charge in [-0.2, -0.15) is 0 Å². The highest BCUT2D eigenvalue weighted by Crippen LogP contribution is 2.59. The molecule has 4 aliphatic rings. The molecule has 0 aliphatic carbocycles. The van der Waals surface area contributed by atoms with E-state index in [0.717, 1.165) is 54.2 Å². The van der Waals surface area contributed by atoms with Gasteiger partial charge in [-0.25, -0.2) is 0 Å². The Labute approximate surface area is 152 Å². The van der Waals surface area contributed by atoms with Crippen LogP contribution in [-0.4, -0.2) is 13.4 Å². The van der Waals surface area contributed by atoms with Crippen LogP contribution in [0, 0.1) is 5.92 Å². The zero-order valence-corrected chi connectivity index (χ0v) is 16.7. The molecule has 4 fully saturated rings.